The normalized spacial score (nSPS) is 20.4. The molecule has 2 aliphatic rings. The van der Waals surface area contributed by atoms with Crippen LogP contribution in [0.3, 0.4) is 0 Å². The average Bonchev–Trinajstić information content (AvgIpc) is 2.63. The summed E-state index contributed by atoms with van der Waals surface area (Å²) in [5, 5.41) is 15.0. The molecule has 2 saturated heterocycles. The lowest BCUT2D eigenvalue weighted by atomic mass is 10.3. The zero-order valence-electron chi connectivity index (χ0n) is 14.1. The summed E-state index contributed by atoms with van der Waals surface area (Å²) >= 11 is 0. The van der Waals surface area contributed by atoms with Crippen molar-refractivity contribution in [1.29, 1.82) is 5.26 Å². The van der Waals surface area contributed by atoms with E-state index in [1.165, 1.54) is 6.20 Å². The third-order valence-corrected chi connectivity index (χ3v) is 4.10. The standard InChI is InChI=1S/C16H27N5O3/c17-13-15(14-18-1-3-20-5-9-23-10-6-20)16(22)19-2-4-21-7-11-24-12-8-21/h14,18H,1-12H2,(H,19,22)/b15-14-. The lowest BCUT2D eigenvalue weighted by Crippen LogP contribution is -2.41. The molecule has 0 saturated carbocycles. The van der Waals surface area contributed by atoms with E-state index in [2.05, 4.69) is 20.4 Å². The Labute approximate surface area is 143 Å². The van der Waals surface area contributed by atoms with Crippen LogP contribution in [0.4, 0.5) is 0 Å². The lowest BCUT2D eigenvalue weighted by Gasteiger charge is -2.26. The molecule has 2 fully saturated rings. The molecule has 0 radical (unpaired) electrons. The first-order valence-electron chi connectivity index (χ1n) is 8.51. The molecule has 1 amide bonds. The van der Waals surface area contributed by atoms with E-state index in [4.69, 9.17) is 14.7 Å². The van der Waals surface area contributed by atoms with Gasteiger partial charge >= 0.3 is 0 Å². The number of hydrogen-bond acceptors (Lipinski definition) is 7. The third-order valence-electron chi connectivity index (χ3n) is 4.10. The number of morpholine rings is 2. The van der Waals surface area contributed by atoms with E-state index < -0.39 is 0 Å². The van der Waals surface area contributed by atoms with Gasteiger partial charge in [-0.05, 0) is 0 Å². The van der Waals surface area contributed by atoms with E-state index in [1.54, 1.807) is 0 Å². The number of amides is 1. The van der Waals surface area contributed by atoms with E-state index in [-0.39, 0.29) is 11.5 Å². The number of ether oxygens (including phenoxy) is 2. The van der Waals surface area contributed by atoms with Gasteiger partial charge in [0.15, 0.2) is 0 Å². The maximum atomic E-state index is 12.0. The highest BCUT2D eigenvalue weighted by Gasteiger charge is 2.12. The highest BCUT2D eigenvalue weighted by Crippen LogP contribution is 1.97. The Kier molecular flexibility index (Phi) is 8.55. The van der Waals surface area contributed by atoms with Crippen molar-refractivity contribution < 1.29 is 14.3 Å². The number of nitrogens with zero attached hydrogens (tertiary/aromatic N) is 3. The Morgan fingerprint density at radius 1 is 1.00 bits per heavy atom. The highest BCUT2D eigenvalue weighted by atomic mass is 16.5. The number of hydrogen-bond donors (Lipinski definition) is 2. The molecule has 0 spiro atoms. The van der Waals surface area contributed by atoms with Crippen molar-refractivity contribution in [3.8, 4) is 6.07 Å². The van der Waals surface area contributed by atoms with Gasteiger partial charge in [0.05, 0.1) is 26.4 Å². The van der Waals surface area contributed by atoms with E-state index in [9.17, 15) is 4.79 Å². The zero-order chi connectivity index (χ0) is 17.0. The van der Waals surface area contributed by atoms with E-state index in [1.807, 2.05) is 6.07 Å². The largest absolute Gasteiger partial charge is 0.388 e. The molecule has 0 atom stereocenters. The summed E-state index contributed by atoms with van der Waals surface area (Å²) in [7, 11) is 0. The third kappa shape index (κ3) is 6.84. The first-order chi connectivity index (χ1) is 11.8. The fourth-order valence-corrected chi connectivity index (χ4v) is 2.62. The lowest BCUT2D eigenvalue weighted by molar-refractivity contribution is -0.117. The van der Waals surface area contributed by atoms with Crippen LogP contribution in [0.15, 0.2) is 11.8 Å². The van der Waals surface area contributed by atoms with Gasteiger partial charge in [0.25, 0.3) is 5.91 Å². The van der Waals surface area contributed by atoms with E-state index >= 15 is 0 Å². The molecular formula is C16H27N5O3. The SMILES string of the molecule is N#C/C(=C/NCCN1CCOCC1)C(=O)NCCN1CCOCC1. The minimum absolute atomic E-state index is 0.110. The molecule has 2 N–H and O–H groups in total. The Morgan fingerprint density at radius 2 is 1.54 bits per heavy atom. The first kappa shape index (κ1) is 18.7. The second-order valence-electron chi connectivity index (χ2n) is 5.79. The molecule has 0 aliphatic carbocycles. The van der Waals surface area contributed by atoms with Gasteiger partial charge in [-0.25, -0.2) is 0 Å². The van der Waals surface area contributed by atoms with Gasteiger partial charge in [0.2, 0.25) is 0 Å². The molecule has 0 bridgehead atoms. The molecule has 0 aromatic carbocycles. The molecule has 134 valence electrons. The smallest absolute Gasteiger partial charge is 0.263 e. The summed E-state index contributed by atoms with van der Waals surface area (Å²) in [6.45, 7) is 9.54. The van der Waals surface area contributed by atoms with Crippen LogP contribution in [0.2, 0.25) is 0 Å². The maximum absolute atomic E-state index is 12.0. The molecule has 24 heavy (non-hydrogen) atoms. The van der Waals surface area contributed by atoms with Crippen LogP contribution in [-0.4, -0.2) is 94.5 Å². The van der Waals surface area contributed by atoms with Gasteiger partial charge in [-0.15, -0.1) is 0 Å². The summed E-state index contributed by atoms with van der Waals surface area (Å²) < 4.78 is 10.6. The predicted molar refractivity (Wildman–Crippen MR) is 89.2 cm³/mol. The van der Waals surface area contributed by atoms with Crippen LogP contribution in [0.5, 0.6) is 0 Å². The Balaban J connectivity index is 1.61. The second kappa shape index (κ2) is 11.0. The Bertz CT molecular complexity index is 451. The Hall–Kier alpha value is -1.66. The summed E-state index contributed by atoms with van der Waals surface area (Å²) in [6.07, 6.45) is 1.50. The van der Waals surface area contributed by atoms with Gasteiger partial charge in [-0.2, -0.15) is 5.26 Å². The van der Waals surface area contributed by atoms with Crippen molar-refractivity contribution in [2.24, 2.45) is 0 Å². The molecule has 0 unspecified atom stereocenters. The molecular weight excluding hydrogens is 310 g/mol. The molecule has 2 rings (SSSR count). The van der Waals surface area contributed by atoms with Crippen LogP contribution in [0.1, 0.15) is 0 Å². The monoisotopic (exact) mass is 337 g/mol. The number of nitriles is 1. The van der Waals surface area contributed by atoms with Gasteiger partial charge < -0.3 is 20.1 Å². The number of carbonyl (C=O) groups is 1. The quantitative estimate of drug-likeness (QED) is 0.325. The topological polar surface area (TPSA) is 89.9 Å². The second-order valence-corrected chi connectivity index (χ2v) is 5.79. The van der Waals surface area contributed by atoms with E-state index in [0.717, 1.165) is 65.7 Å². The maximum Gasteiger partial charge on any atom is 0.263 e. The molecule has 8 nitrogen and oxygen atoms in total. The van der Waals surface area contributed by atoms with Crippen molar-refractivity contribution in [3.63, 3.8) is 0 Å². The molecule has 2 heterocycles. The van der Waals surface area contributed by atoms with Crippen LogP contribution >= 0.6 is 0 Å². The summed E-state index contributed by atoms with van der Waals surface area (Å²) in [5.41, 5.74) is 0.110. The average molecular weight is 337 g/mol. The van der Waals surface area contributed by atoms with Crippen molar-refractivity contribution in [3.05, 3.63) is 11.8 Å². The van der Waals surface area contributed by atoms with E-state index in [0.29, 0.717) is 13.1 Å². The van der Waals surface area contributed by atoms with Gasteiger partial charge in [0.1, 0.15) is 11.6 Å². The molecule has 2 aliphatic heterocycles. The zero-order valence-corrected chi connectivity index (χ0v) is 14.1. The van der Waals surface area contributed by atoms with Crippen molar-refractivity contribution in [2.45, 2.75) is 0 Å². The number of rotatable bonds is 8. The number of carbonyl (C=O) groups excluding carboxylic acids is 1. The van der Waals surface area contributed by atoms with Gasteiger partial charge in [-0.3, -0.25) is 14.6 Å². The fraction of sp³-hybridized carbons (Fsp3) is 0.750. The first-order valence-corrected chi connectivity index (χ1v) is 8.51. The van der Waals surface area contributed by atoms with Crippen LogP contribution in [-0.2, 0) is 14.3 Å². The van der Waals surface area contributed by atoms with Gasteiger partial charge in [-0.1, -0.05) is 0 Å². The molecule has 0 aromatic rings. The van der Waals surface area contributed by atoms with Crippen LogP contribution < -0.4 is 10.6 Å². The number of nitrogens with one attached hydrogen (secondary N) is 2. The summed E-state index contributed by atoms with van der Waals surface area (Å²) in [4.78, 5) is 16.5. The van der Waals surface area contributed by atoms with Crippen LogP contribution in [0, 0.1) is 11.3 Å². The summed E-state index contributed by atoms with van der Waals surface area (Å²) in [6, 6.07) is 1.95. The van der Waals surface area contributed by atoms with Crippen molar-refractivity contribution in [2.75, 3.05) is 78.8 Å². The fourth-order valence-electron chi connectivity index (χ4n) is 2.62. The predicted octanol–water partition coefficient (Wildman–Crippen LogP) is -1.24. The minimum atomic E-state index is -0.329. The summed E-state index contributed by atoms with van der Waals surface area (Å²) in [5.74, 6) is -0.329. The van der Waals surface area contributed by atoms with Crippen molar-refractivity contribution in [1.82, 2.24) is 20.4 Å². The highest BCUT2D eigenvalue weighted by molar-refractivity contribution is 5.97. The van der Waals surface area contributed by atoms with Gasteiger partial charge in [0, 0.05) is 58.6 Å². The molecule has 8 heteroatoms. The Morgan fingerprint density at radius 3 is 2.08 bits per heavy atom. The minimum Gasteiger partial charge on any atom is -0.388 e. The van der Waals surface area contributed by atoms with Crippen molar-refractivity contribution >= 4 is 5.91 Å². The van der Waals surface area contributed by atoms with Crippen LogP contribution in [0.25, 0.3) is 0 Å². The molecule has 0 aromatic heterocycles.